The molecule has 56 valence electrons. The van der Waals surface area contributed by atoms with Gasteiger partial charge in [-0.3, -0.25) is 5.01 Å². The van der Waals surface area contributed by atoms with Crippen LogP contribution in [0.15, 0.2) is 5.10 Å². The van der Waals surface area contributed by atoms with Crippen molar-refractivity contribution in [3.8, 4) is 0 Å². The van der Waals surface area contributed by atoms with Crippen molar-refractivity contribution in [3.63, 3.8) is 0 Å². The predicted molar refractivity (Wildman–Crippen MR) is 40.4 cm³/mol. The number of hydrazone groups is 1. The van der Waals surface area contributed by atoms with Crippen molar-refractivity contribution < 1.29 is 4.79 Å². The van der Waals surface area contributed by atoms with E-state index in [1.54, 1.807) is 19.0 Å². The van der Waals surface area contributed by atoms with E-state index >= 15 is 0 Å². The third kappa shape index (κ3) is 1.01. The number of nitrogens with zero attached hydrogens (tertiary/aromatic N) is 2. The van der Waals surface area contributed by atoms with E-state index in [1.807, 2.05) is 0 Å². The standard InChI is InChI=1S/C6H9ClN2O/c1-5-6(7,4-10)3-9(2)8-5/h4H,3H2,1-2H3. The third-order valence-electron chi connectivity index (χ3n) is 1.57. The molecule has 0 bridgehead atoms. The molecule has 0 saturated heterocycles. The maximum atomic E-state index is 10.4. The van der Waals surface area contributed by atoms with Gasteiger partial charge in [-0.15, -0.1) is 11.6 Å². The smallest absolute Gasteiger partial charge is 0.158 e. The minimum Gasteiger partial charge on any atom is -0.301 e. The SMILES string of the molecule is CC1=NN(C)CC1(Cl)C=O. The average Bonchev–Trinajstić information content (AvgIpc) is 2.09. The van der Waals surface area contributed by atoms with Crippen LogP contribution >= 0.6 is 11.6 Å². The first-order valence-corrected chi connectivity index (χ1v) is 3.38. The second kappa shape index (κ2) is 2.23. The molecule has 4 heteroatoms. The Morgan fingerprint density at radius 1 is 1.90 bits per heavy atom. The number of hydrogen-bond acceptors (Lipinski definition) is 3. The van der Waals surface area contributed by atoms with Crippen molar-refractivity contribution >= 4 is 23.6 Å². The van der Waals surface area contributed by atoms with Crippen LogP contribution in [0.2, 0.25) is 0 Å². The number of carbonyl (C=O) groups excluding carboxylic acids is 1. The fraction of sp³-hybridized carbons (Fsp3) is 0.667. The van der Waals surface area contributed by atoms with Crippen molar-refractivity contribution in [2.24, 2.45) is 5.10 Å². The van der Waals surface area contributed by atoms with Gasteiger partial charge in [0.1, 0.15) is 6.29 Å². The zero-order valence-electron chi connectivity index (χ0n) is 5.97. The molecule has 0 aromatic heterocycles. The van der Waals surface area contributed by atoms with Crippen LogP contribution in [0.4, 0.5) is 0 Å². The van der Waals surface area contributed by atoms with E-state index in [0.29, 0.717) is 12.3 Å². The van der Waals surface area contributed by atoms with Gasteiger partial charge < -0.3 is 4.79 Å². The Labute approximate surface area is 64.6 Å². The van der Waals surface area contributed by atoms with E-state index < -0.39 is 4.87 Å². The normalized spacial score (nSPS) is 32.3. The lowest BCUT2D eigenvalue weighted by Crippen LogP contribution is -2.34. The van der Waals surface area contributed by atoms with Gasteiger partial charge in [0.2, 0.25) is 0 Å². The molecule has 0 N–H and O–H groups in total. The van der Waals surface area contributed by atoms with Crippen LogP contribution in [0.1, 0.15) is 6.92 Å². The highest BCUT2D eigenvalue weighted by Crippen LogP contribution is 2.21. The summed E-state index contributed by atoms with van der Waals surface area (Å²) in [5.74, 6) is 0. The van der Waals surface area contributed by atoms with Gasteiger partial charge in [0.25, 0.3) is 0 Å². The number of halogens is 1. The van der Waals surface area contributed by atoms with E-state index in [4.69, 9.17) is 11.6 Å². The van der Waals surface area contributed by atoms with Gasteiger partial charge in [0.15, 0.2) is 4.87 Å². The highest BCUT2D eigenvalue weighted by Gasteiger charge is 2.36. The lowest BCUT2D eigenvalue weighted by atomic mass is 10.1. The molecule has 10 heavy (non-hydrogen) atoms. The fourth-order valence-electron chi connectivity index (χ4n) is 0.945. The zero-order chi connectivity index (χ0) is 7.78. The van der Waals surface area contributed by atoms with Gasteiger partial charge in [0.05, 0.1) is 12.3 Å². The molecule has 0 saturated carbocycles. The van der Waals surface area contributed by atoms with Crippen molar-refractivity contribution in [3.05, 3.63) is 0 Å². The summed E-state index contributed by atoms with van der Waals surface area (Å²) in [5.41, 5.74) is 0.673. The monoisotopic (exact) mass is 160 g/mol. The molecule has 3 nitrogen and oxygen atoms in total. The lowest BCUT2D eigenvalue weighted by Gasteiger charge is -2.12. The quantitative estimate of drug-likeness (QED) is 0.413. The average molecular weight is 161 g/mol. The summed E-state index contributed by atoms with van der Waals surface area (Å²) >= 11 is 5.86. The van der Waals surface area contributed by atoms with Gasteiger partial charge in [0, 0.05) is 7.05 Å². The number of aldehydes is 1. The second-order valence-corrected chi connectivity index (χ2v) is 3.16. The van der Waals surface area contributed by atoms with Crippen molar-refractivity contribution in [1.29, 1.82) is 0 Å². The first-order valence-electron chi connectivity index (χ1n) is 3.00. The molecule has 0 radical (unpaired) electrons. The van der Waals surface area contributed by atoms with Crippen molar-refractivity contribution in [2.75, 3.05) is 13.6 Å². The second-order valence-electron chi connectivity index (χ2n) is 2.48. The summed E-state index contributed by atoms with van der Waals surface area (Å²) in [7, 11) is 1.79. The van der Waals surface area contributed by atoms with Gasteiger partial charge in [-0.1, -0.05) is 0 Å². The molecule has 0 aromatic rings. The summed E-state index contributed by atoms with van der Waals surface area (Å²) in [6, 6.07) is 0. The highest BCUT2D eigenvalue weighted by molar-refractivity contribution is 6.44. The van der Waals surface area contributed by atoms with Crippen LogP contribution in [-0.2, 0) is 4.79 Å². The molecule has 0 aromatic carbocycles. The maximum absolute atomic E-state index is 10.4. The number of carbonyl (C=O) groups is 1. The van der Waals surface area contributed by atoms with Gasteiger partial charge in [-0.05, 0) is 6.92 Å². The molecule has 1 unspecified atom stereocenters. The van der Waals surface area contributed by atoms with Crippen molar-refractivity contribution in [2.45, 2.75) is 11.8 Å². The molecule has 0 spiro atoms. The van der Waals surface area contributed by atoms with Crippen LogP contribution in [0.3, 0.4) is 0 Å². The fourth-order valence-corrected chi connectivity index (χ4v) is 1.16. The Morgan fingerprint density at radius 3 is 2.70 bits per heavy atom. The van der Waals surface area contributed by atoms with Crippen LogP contribution in [0.5, 0.6) is 0 Å². The lowest BCUT2D eigenvalue weighted by molar-refractivity contribution is -0.108. The molecule has 0 aliphatic carbocycles. The molecule has 1 rings (SSSR count). The summed E-state index contributed by atoms with van der Waals surface area (Å²) < 4.78 is 0. The summed E-state index contributed by atoms with van der Waals surface area (Å²) in [6.07, 6.45) is 0.733. The number of rotatable bonds is 1. The maximum Gasteiger partial charge on any atom is 0.158 e. The molecule has 0 fully saturated rings. The topological polar surface area (TPSA) is 32.7 Å². The first-order chi connectivity index (χ1) is 4.58. The van der Waals surface area contributed by atoms with E-state index in [2.05, 4.69) is 5.10 Å². The molecule has 1 aliphatic rings. The van der Waals surface area contributed by atoms with Crippen LogP contribution in [-0.4, -0.2) is 35.5 Å². The summed E-state index contributed by atoms with van der Waals surface area (Å²) in [5, 5.41) is 5.66. The minimum atomic E-state index is -0.866. The Kier molecular flexibility index (Phi) is 1.68. The molecule has 1 heterocycles. The largest absolute Gasteiger partial charge is 0.301 e. The van der Waals surface area contributed by atoms with Crippen LogP contribution in [0, 0.1) is 0 Å². The Balaban J connectivity index is 2.85. The van der Waals surface area contributed by atoms with E-state index in [-0.39, 0.29) is 0 Å². The molecule has 1 atom stereocenters. The first kappa shape index (κ1) is 7.54. The molecule has 0 amide bonds. The number of alkyl halides is 1. The Morgan fingerprint density at radius 2 is 2.50 bits per heavy atom. The molecular formula is C6H9ClN2O. The van der Waals surface area contributed by atoms with E-state index in [0.717, 1.165) is 6.29 Å². The Hall–Kier alpha value is -0.570. The summed E-state index contributed by atoms with van der Waals surface area (Å²) in [4.78, 5) is 9.58. The van der Waals surface area contributed by atoms with E-state index in [9.17, 15) is 4.79 Å². The minimum absolute atomic E-state index is 0.476. The number of hydrogen-bond donors (Lipinski definition) is 0. The van der Waals surface area contributed by atoms with Crippen LogP contribution in [0.25, 0.3) is 0 Å². The Bertz CT molecular complexity index is 192. The predicted octanol–water partition coefficient (Wildman–Crippen LogP) is 0.484. The van der Waals surface area contributed by atoms with Gasteiger partial charge >= 0.3 is 0 Å². The molecule has 1 aliphatic heterocycles. The van der Waals surface area contributed by atoms with Gasteiger partial charge in [-0.25, -0.2) is 0 Å². The molecular weight excluding hydrogens is 152 g/mol. The van der Waals surface area contributed by atoms with Crippen molar-refractivity contribution in [1.82, 2.24) is 5.01 Å². The van der Waals surface area contributed by atoms with Gasteiger partial charge in [-0.2, -0.15) is 5.10 Å². The van der Waals surface area contributed by atoms with E-state index in [1.165, 1.54) is 0 Å². The third-order valence-corrected chi connectivity index (χ3v) is 2.05. The summed E-state index contributed by atoms with van der Waals surface area (Å²) in [6.45, 7) is 2.23. The highest BCUT2D eigenvalue weighted by atomic mass is 35.5. The zero-order valence-corrected chi connectivity index (χ0v) is 6.72. The van der Waals surface area contributed by atoms with Crippen LogP contribution < -0.4 is 0 Å².